The van der Waals surface area contributed by atoms with Crippen molar-refractivity contribution in [1.29, 1.82) is 0 Å². The Hall–Kier alpha value is -0.223. The summed E-state index contributed by atoms with van der Waals surface area (Å²) in [7, 11) is -3.89. The fourth-order valence-electron chi connectivity index (χ4n) is 5.26. The van der Waals surface area contributed by atoms with Gasteiger partial charge < -0.3 is 4.43 Å². The Morgan fingerprint density at radius 3 is 1.85 bits per heavy atom. The van der Waals surface area contributed by atoms with Gasteiger partial charge in [-0.3, -0.25) is 0 Å². The monoisotopic (exact) mass is 590 g/mol. The molecule has 0 spiro atoms. The van der Waals surface area contributed by atoms with Crippen molar-refractivity contribution in [1.82, 2.24) is 0 Å². The minimum absolute atomic E-state index is 0. The van der Waals surface area contributed by atoms with Crippen LogP contribution in [-0.2, 0) is 40.0 Å². The Balaban J connectivity index is 0.00000306. The maximum Gasteiger partial charge on any atom is 0.183 e. The molecule has 33 heavy (non-hydrogen) atoms. The topological polar surface area (TPSA) is 9.23 Å². The van der Waals surface area contributed by atoms with Gasteiger partial charge in [0.1, 0.15) is 8.07 Å². The second kappa shape index (κ2) is 9.34. The van der Waals surface area contributed by atoms with Crippen molar-refractivity contribution >= 4 is 51.7 Å². The first kappa shape index (κ1) is 27.4. The van der Waals surface area contributed by atoms with Crippen molar-refractivity contribution in [3.63, 3.8) is 0 Å². The molecule has 0 amide bonds. The largest absolute Gasteiger partial charge is 0.418 e. The fourth-order valence-corrected chi connectivity index (χ4v) is 12.1. The van der Waals surface area contributed by atoms with Gasteiger partial charge in [-0.25, -0.2) is 0 Å². The van der Waals surface area contributed by atoms with Crippen molar-refractivity contribution in [2.45, 2.75) is 68.1 Å². The van der Waals surface area contributed by atoms with Crippen molar-refractivity contribution in [2.24, 2.45) is 0 Å². The molecule has 2 aliphatic rings. The van der Waals surface area contributed by atoms with Crippen LogP contribution in [0.25, 0.3) is 12.2 Å². The zero-order valence-electron chi connectivity index (χ0n) is 20.7. The predicted octanol–water partition coefficient (Wildman–Crippen LogP) is 8.48. The summed E-state index contributed by atoms with van der Waals surface area (Å²) in [5.74, 6) is 0. The SMILES string of the molecule is CC(O[Si](C)(C)C)[Si](C)(C)C1(Cl)C(CC2=Cc3ccccc3C2(C)Cl)=Cc2ccccc21.[Zr]. The predicted molar refractivity (Wildman–Crippen MR) is 146 cm³/mol. The van der Waals surface area contributed by atoms with Crippen LogP contribution in [0, 0.1) is 0 Å². The summed E-state index contributed by atoms with van der Waals surface area (Å²) < 4.78 is 6.12. The molecule has 1 nitrogen and oxygen atoms in total. The van der Waals surface area contributed by atoms with Crippen LogP contribution in [0.4, 0.5) is 0 Å². The summed E-state index contributed by atoms with van der Waals surface area (Å²) >= 11 is 15.0. The van der Waals surface area contributed by atoms with Crippen LogP contribution < -0.4 is 0 Å². The van der Waals surface area contributed by atoms with Crippen LogP contribution in [0.5, 0.6) is 0 Å². The molecule has 0 saturated heterocycles. The van der Waals surface area contributed by atoms with E-state index in [0.717, 1.165) is 6.42 Å². The van der Waals surface area contributed by atoms with Gasteiger partial charge >= 0.3 is 0 Å². The van der Waals surface area contributed by atoms with E-state index in [1.165, 1.54) is 33.4 Å². The smallest absolute Gasteiger partial charge is 0.183 e. The van der Waals surface area contributed by atoms with Gasteiger partial charge in [0, 0.05) is 31.9 Å². The van der Waals surface area contributed by atoms with E-state index in [-0.39, 0.29) is 31.9 Å². The van der Waals surface area contributed by atoms with Crippen molar-refractivity contribution < 1.29 is 30.6 Å². The average molecular weight is 593 g/mol. The molecular formula is C27H34Cl2OSi2Zr. The molecule has 2 aromatic carbocycles. The third kappa shape index (κ3) is 4.66. The first-order valence-electron chi connectivity index (χ1n) is 11.5. The van der Waals surface area contributed by atoms with E-state index < -0.39 is 25.8 Å². The number of alkyl halides is 2. The molecule has 0 bridgehead atoms. The van der Waals surface area contributed by atoms with Gasteiger partial charge in [-0.15, -0.1) is 23.2 Å². The zero-order valence-corrected chi connectivity index (χ0v) is 26.7. The maximum atomic E-state index is 7.82. The van der Waals surface area contributed by atoms with Crippen LogP contribution in [0.1, 0.15) is 42.5 Å². The summed E-state index contributed by atoms with van der Waals surface area (Å²) in [4.78, 5) is -0.518. The number of hydrogen-bond acceptors (Lipinski definition) is 1. The van der Waals surface area contributed by atoms with Crippen LogP contribution in [-0.4, -0.2) is 22.1 Å². The van der Waals surface area contributed by atoms with E-state index in [1.54, 1.807) is 0 Å². The molecule has 0 fully saturated rings. The molecular weight excluding hydrogens is 559 g/mol. The molecule has 0 aromatic heterocycles. The van der Waals surface area contributed by atoms with E-state index >= 15 is 0 Å². The van der Waals surface area contributed by atoms with Gasteiger partial charge in [0.25, 0.3) is 0 Å². The number of rotatable bonds is 6. The fraction of sp³-hybridized carbons (Fsp3) is 0.407. The summed E-state index contributed by atoms with van der Waals surface area (Å²) in [6.07, 6.45) is 5.35. The third-order valence-corrected chi connectivity index (χ3v) is 15.5. The molecule has 0 aliphatic heterocycles. The molecule has 0 heterocycles. The maximum absolute atomic E-state index is 7.82. The first-order valence-corrected chi connectivity index (χ1v) is 18.7. The Kier molecular flexibility index (Phi) is 7.74. The second-order valence-electron chi connectivity index (χ2n) is 10.9. The van der Waals surface area contributed by atoms with Crippen LogP contribution in [0.15, 0.2) is 59.7 Å². The normalized spacial score (nSPS) is 25.0. The van der Waals surface area contributed by atoms with Gasteiger partial charge in [0.15, 0.2) is 8.32 Å². The molecule has 0 radical (unpaired) electrons. The van der Waals surface area contributed by atoms with Crippen molar-refractivity contribution in [3.05, 3.63) is 81.9 Å². The minimum atomic E-state index is -2.18. The number of allylic oxidation sites excluding steroid dienone is 2. The molecule has 2 aliphatic carbocycles. The standard InChI is InChI=1S/C27H34Cl2OSi2.Zr/c1-19(30-31(3,4)5)32(6,7)27(29)23(17-21-13-9-11-15-25(21)27)18-22-16-20-12-8-10-14-24(20)26(22,2)28;/h8-17,19H,18H2,1-7H3;. The summed E-state index contributed by atoms with van der Waals surface area (Å²) in [5.41, 5.74) is 7.46. The van der Waals surface area contributed by atoms with E-state index in [9.17, 15) is 0 Å². The minimum Gasteiger partial charge on any atom is -0.418 e. The molecule has 3 atom stereocenters. The Labute approximate surface area is 230 Å². The van der Waals surface area contributed by atoms with Crippen LogP contribution >= 0.6 is 23.2 Å². The molecule has 4 rings (SSSR count). The molecule has 174 valence electrons. The van der Waals surface area contributed by atoms with Crippen LogP contribution in [0.3, 0.4) is 0 Å². The second-order valence-corrected chi connectivity index (χ2v) is 22.1. The number of halogens is 2. The quantitative estimate of drug-likeness (QED) is 0.241. The van der Waals surface area contributed by atoms with E-state index in [4.69, 9.17) is 27.6 Å². The third-order valence-electron chi connectivity index (χ3n) is 7.32. The van der Waals surface area contributed by atoms with Gasteiger partial charge in [-0.05, 0) is 73.3 Å². The van der Waals surface area contributed by atoms with Gasteiger partial charge in [-0.2, -0.15) is 0 Å². The van der Waals surface area contributed by atoms with E-state index in [1.807, 2.05) is 0 Å². The first-order chi connectivity index (χ1) is 14.8. The van der Waals surface area contributed by atoms with Gasteiger partial charge in [0.05, 0.1) is 9.37 Å². The van der Waals surface area contributed by atoms with E-state index in [2.05, 4.69) is 107 Å². The Morgan fingerprint density at radius 2 is 1.30 bits per heavy atom. The van der Waals surface area contributed by atoms with Crippen molar-refractivity contribution in [2.75, 3.05) is 0 Å². The zero-order chi connectivity index (χ0) is 23.5. The van der Waals surface area contributed by atoms with Crippen LogP contribution in [0.2, 0.25) is 32.7 Å². The van der Waals surface area contributed by atoms with E-state index in [0.29, 0.717) is 0 Å². The molecule has 6 heteroatoms. The molecule has 0 N–H and O–H groups in total. The number of hydrogen-bond donors (Lipinski definition) is 0. The summed E-state index contributed by atoms with van der Waals surface area (Å²) in [6, 6.07) is 17.0. The van der Waals surface area contributed by atoms with Crippen molar-refractivity contribution in [3.8, 4) is 0 Å². The number of fused-ring (bicyclic) bond motifs is 2. The van der Waals surface area contributed by atoms with Gasteiger partial charge in [0.2, 0.25) is 0 Å². The molecule has 2 aromatic rings. The summed E-state index contributed by atoms with van der Waals surface area (Å²) in [6.45, 7) is 15.9. The Morgan fingerprint density at radius 1 is 0.818 bits per heavy atom. The molecule has 3 unspecified atom stereocenters. The molecule has 0 saturated carbocycles. The number of benzene rings is 2. The summed E-state index contributed by atoms with van der Waals surface area (Å²) in [5, 5.41) is 0. The average Bonchev–Trinajstić information content (AvgIpc) is 3.13. The Bertz CT molecular complexity index is 1120. The van der Waals surface area contributed by atoms with Gasteiger partial charge in [-0.1, -0.05) is 73.8 Å².